The number of aryl methyl sites for hydroxylation is 1. The fraction of sp³-hybridized carbons (Fsp3) is 0.286. The SMILES string of the molecule is CCOc1ccc2nc(SCC(=O)N3CCN(S(=O)(=O)c4ccc(C)cc4)C3c3ccc(OC)cc3)[nH]c2c1. The molecule has 11 heteroatoms. The lowest BCUT2D eigenvalue weighted by Crippen LogP contribution is -2.38. The van der Waals surface area contributed by atoms with Crippen LogP contribution in [0.4, 0.5) is 0 Å². The van der Waals surface area contributed by atoms with Crippen molar-refractivity contribution in [2.24, 2.45) is 0 Å². The maximum Gasteiger partial charge on any atom is 0.245 e. The minimum absolute atomic E-state index is 0.100. The summed E-state index contributed by atoms with van der Waals surface area (Å²) in [5.41, 5.74) is 3.26. The Morgan fingerprint density at radius 3 is 2.46 bits per heavy atom. The molecule has 1 aromatic heterocycles. The second-order valence-electron chi connectivity index (χ2n) is 9.11. The Morgan fingerprint density at radius 2 is 1.77 bits per heavy atom. The van der Waals surface area contributed by atoms with Crippen molar-refractivity contribution in [1.29, 1.82) is 0 Å². The van der Waals surface area contributed by atoms with Crippen LogP contribution in [0, 0.1) is 6.92 Å². The Balaban J connectivity index is 1.39. The van der Waals surface area contributed by atoms with Crippen LogP contribution >= 0.6 is 11.8 Å². The number of aromatic nitrogens is 2. The van der Waals surface area contributed by atoms with Gasteiger partial charge in [0.05, 0.1) is 35.4 Å². The Bertz CT molecular complexity index is 1570. The van der Waals surface area contributed by atoms with Crippen LogP contribution in [0.2, 0.25) is 0 Å². The molecule has 1 fully saturated rings. The molecule has 9 nitrogen and oxygen atoms in total. The van der Waals surface area contributed by atoms with E-state index in [1.165, 1.54) is 16.1 Å². The van der Waals surface area contributed by atoms with Gasteiger partial charge in [-0.1, -0.05) is 41.6 Å². The number of methoxy groups -OCH3 is 1. The molecule has 0 saturated carbocycles. The summed E-state index contributed by atoms with van der Waals surface area (Å²) >= 11 is 1.28. The molecule has 2 heterocycles. The zero-order valence-corrected chi connectivity index (χ0v) is 23.6. The molecule has 0 spiro atoms. The van der Waals surface area contributed by atoms with Crippen LogP contribution in [-0.2, 0) is 14.8 Å². The van der Waals surface area contributed by atoms with Gasteiger partial charge < -0.3 is 19.4 Å². The number of imidazole rings is 1. The summed E-state index contributed by atoms with van der Waals surface area (Å²) in [5, 5.41) is 0.608. The largest absolute Gasteiger partial charge is 0.497 e. The van der Waals surface area contributed by atoms with E-state index in [9.17, 15) is 13.2 Å². The summed E-state index contributed by atoms with van der Waals surface area (Å²) in [6.07, 6.45) is -0.778. The van der Waals surface area contributed by atoms with Crippen LogP contribution in [0.25, 0.3) is 11.0 Å². The highest BCUT2D eigenvalue weighted by molar-refractivity contribution is 7.99. The van der Waals surface area contributed by atoms with Crippen molar-refractivity contribution in [3.63, 3.8) is 0 Å². The van der Waals surface area contributed by atoms with Crippen molar-refractivity contribution >= 4 is 38.7 Å². The van der Waals surface area contributed by atoms with E-state index in [0.29, 0.717) is 23.1 Å². The second kappa shape index (κ2) is 11.3. The summed E-state index contributed by atoms with van der Waals surface area (Å²) in [5.74, 6) is 1.31. The van der Waals surface area contributed by atoms with Gasteiger partial charge in [-0.2, -0.15) is 4.31 Å². The number of rotatable bonds is 9. The van der Waals surface area contributed by atoms with Gasteiger partial charge in [0, 0.05) is 19.2 Å². The Morgan fingerprint density at radius 1 is 1.05 bits per heavy atom. The maximum atomic E-state index is 13.7. The molecule has 39 heavy (non-hydrogen) atoms. The lowest BCUT2D eigenvalue weighted by Gasteiger charge is -2.30. The molecular weight excluding hydrogens is 536 g/mol. The van der Waals surface area contributed by atoms with E-state index in [1.54, 1.807) is 60.5 Å². The van der Waals surface area contributed by atoms with Crippen molar-refractivity contribution in [1.82, 2.24) is 19.2 Å². The third-order valence-electron chi connectivity index (χ3n) is 6.57. The van der Waals surface area contributed by atoms with Gasteiger partial charge in [0.1, 0.15) is 17.7 Å². The van der Waals surface area contributed by atoms with Crippen molar-refractivity contribution < 1.29 is 22.7 Å². The van der Waals surface area contributed by atoms with Gasteiger partial charge in [-0.3, -0.25) is 4.79 Å². The molecular formula is C28H30N4O5S2. The Labute approximate surface area is 232 Å². The monoisotopic (exact) mass is 566 g/mol. The third-order valence-corrected chi connectivity index (χ3v) is 9.29. The standard InChI is InChI=1S/C28H30N4O5S2/c1-4-37-22-11-14-24-25(17-22)30-28(29-24)38-18-26(33)31-15-16-32(27(31)20-7-9-21(36-3)10-8-20)39(34,35)23-12-5-19(2)6-13-23/h5-14,17,27H,4,15-16,18H2,1-3H3,(H,29,30). The number of thioether (sulfide) groups is 1. The van der Waals surface area contributed by atoms with E-state index in [4.69, 9.17) is 9.47 Å². The highest BCUT2D eigenvalue weighted by atomic mass is 32.2. The highest BCUT2D eigenvalue weighted by Crippen LogP contribution is 2.36. The molecule has 1 aliphatic heterocycles. The van der Waals surface area contributed by atoms with Crippen LogP contribution < -0.4 is 9.47 Å². The van der Waals surface area contributed by atoms with Gasteiger partial charge in [0.25, 0.3) is 0 Å². The van der Waals surface area contributed by atoms with E-state index in [2.05, 4.69) is 9.97 Å². The summed E-state index contributed by atoms with van der Waals surface area (Å²) < 4.78 is 39.6. The molecule has 1 saturated heterocycles. The van der Waals surface area contributed by atoms with Gasteiger partial charge in [-0.05, 0) is 55.8 Å². The van der Waals surface area contributed by atoms with Gasteiger partial charge in [-0.15, -0.1) is 0 Å². The molecule has 4 aromatic rings. The molecule has 3 aromatic carbocycles. The first-order valence-corrected chi connectivity index (χ1v) is 15.0. The zero-order chi connectivity index (χ0) is 27.6. The Kier molecular flexibility index (Phi) is 7.83. The number of benzene rings is 3. The minimum Gasteiger partial charge on any atom is -0.497 e. The van der Waals surface area contributed by atoms with Crippen molar-refractivity contribution in [3.8, 4) is 11.5 Å². The van der Waals surface area contributed by atoms with Gasteiger partial charge in [0.2, 0.25) is 15.9 Å². The van der Waals surface area contributed by atoms with E-state index in [1.807, 2.05) is 32.0 Å². The predicted molar refractivity (Wildman–Crippen MR) is 151 cm³/mol. The highest BCUT2D eigenvalue weighted by Gasteiger charge is 2.43. The predicted octanol–water partition coefficient (Wildman–Crippen LogP) is 4.60. The maximum absolute atomic E-state index is 13.7. The van der Waals surface area contributed by atoms with E-state index >= 15 is 0 Å². The zero-order valence-electron chi connectivity index (χ0n) is 22.0. The normalized spacial score (nSPS) is 16.1. The van der Waals surface area contributed by atoms with E-state index in [-0.39, 0.29) is 29.6 Å². The van der Waals surface area contributed by atoms with Crippen molar-refractivity contribution in [2.75, 3.05) is 32.6 Å². The molecule has 1 unspecified atom stereocenters. The number of amides is 1. The molecule has 1 atom stereocenters. The summed E-state index contributed by atoms with van der Waals surface area (Å²) in [7, 11) is -2.29. The number of nitrogens with one attached hydrogen (secondary N) is 1. The topological polar surface area (TPSA) is 105 Å². The quantitative estimate of drug-likeness (QED) is 0.295. The van der Waals surface area contributed by atoms with E-state index < -0.39 is 16.2 Å². The number of aromatic amines is 1. The van der Waals surface area contributed by atoms with Gasteiger partial charge in [0.15, 0.2) is 5.16 Å². The first kappa shape index (κ1) is 27.0. The second-order valence-corrected chi connectivity index (χ2v) is 12.0. The van der Waals surface area contributed by atoms with Gasteiger partial charge >= 0.3 is 0 Å². The summed E-state index contributed by atoms with van der Waals surface area (Å²) in [6, 6.07) is 19.5. The van der Waals surface area contributed by atoms with Crippen LogP contribution in [0.1, 0.15) is 24.2 Å². The fourth-order valence-corrected chi connectivity index (χ4v) is 6.93. The number of hydrogen-bond donors (Lipinski definition) is 1. The van der Waals surface area contributed by atoms with E-state index in [0.717, 1.165) is 22.3 Å². The van der Waals surface area contributed by atoms with Gasteiger partial charge in [-0.25, -0.2) is 13.4 Å². The van der Waals surface area contributed by atoms with Crippen LogP contribution in [0.15, 0.2) is 76.8 Å². The average molecular weight is 567 g/mol. The van der Waals surface area contributed by atoms with Crippen LogP contribution in [0.3, 0.4) is 0 Å². The molecule has 1 aliphatic rings. The summed E-state index contributed by atoms with van der Waals surface area (Å²) in [4.78, 5) is 23.2. The molecule has 1 amide bonds. The number of fused-ring (bicyclic) bond motifs is 1. The third kappa shape index (κ3) is 5.61. The fourth-order valence-electron chi connectivity index (χ4n) is 4.59. The Hall–Kier alpha value is -3.54. The number of ether oxygens (including phenoxy) is 2. The number of nitrogens with zero attached hydrogens (tertiary/aromatic N) is 3. The summed E-state index contributed by atoms with van der Waals surface area (Å²) in [6.45, 7) is 4.87. The first-order valence-electron chi connectivity index (χ1n) is 12.6. The number of sulfonamides is 1. The van der Waals surface area contributed by atoms with Crippen molar-refractivity contribution in [2.45, 2.75) is 30.1 Å². The smallest absolute Gasteiger partial charge is 0.245 e. The lowest BCUT2D eigenvalue weighted by molar-refractivity contribution is -0.130. The number of carbonyl (C=O) groups excluding carboxylic acids is 1. The lowest BCUT2D eigenvalue weighted by atomic mass is 10.1. The number of carbonyl (C=O) groups is 1. The minimum atomic E-state index is -3.86. The van der Waals surface area contributed by atoms with Crippen LogP contribution in [-0.4, -0.2) is 66.1 Å². The molecule has 1 N–H and O–H groups in total. The molecule has 5 rings (SSSR count). The van der Waals surface area contributed by atoms with Crippen LogP contribution in [0.5, 0.6) is 11.5 Å². The molecule has 0 aliphatic carbocycles. The first-order chi connectivity index (χ1) is 18.8. The molecule has 204 valence electrons. The number of hydrogen-bond acceptors (Lipinski definition) is 7. The average Bonchev–Trinajstić information content (AvgIpc) is 3.57. The molecule has 0 radical (unpaired) electrons. The van der Waals surface area contributed by atoms with Crippen molar-refractivity contribution in [3.05, 3.63) is 77.9 Å². The number of H-pyrrole nitrogens is 1. The molecule has 0 bridgehead atoms.